The van der Waals surface area contributed by atoms with E-state index in [1.807, 2.05) is 24.3 Å². The minimum Gasteiger partial charge on any atom is -1.00 e. The van der Waals surface area contributed by atoms with E-state index >= 15 is 0 Å². The third-order valence-electron chi connectivity index (χ3n) is 3.46. The van der Waals surface area contributed by atoms with Crippen molar-refractivity contribution >= 4 is 36.6 Å². The Labute approximate surface area is 176 Å². The number of aromatic nitrogens is 1. The van der Waals surface area contributed by atoms with Gasteiger partial charge in [0.15, 0.2) is 0 Å². The molecule has 0 spiro atoms. The van der Waals surface area contributed by atoms with Gasteiger partial charge in [-0.3, -0.25) is 0 Å². The van der Waals surface area contributed by atoms with Crippen LogP contribution in [-0.4, -0.2) is 18.6 Å². The summed E-state index contributed by atoms with van der Waals surface area (Å²) in [5, 5.41) is 5.23. The maximum absolute atomic E-state index is 3.44. The predicted molar refractivity (Wildman–Crippen MR) is 93.2 cm³/mol. The Kier molecular flexibility index (Phi) is 10.7. The second-order valence-electron chi connectivity index (χ2n) is 5.27. The molecule has 24 heavy (non-hydrogen) atoms. The Balaban J connectivity index is 0.000000402. The molecule has 1 heterocycles. The van der Waals surface area contributed by atoms with Crippen molar-refractivity contribution in [2.75, 3.05) is 0 Å². The fraction of sp³-hybridized carbons (Fsp3) is 0.105. The summed E-state index contributed by atoms with van der Waals surface area (Å²) in [6.07, 6.45) is 8.62. The number of aromatic amines is 1. The fourth-order valence-corrected chi connectivity index (χ4v) is 3.10. The van der Waals surface area contributed by atoms with Gasteiger partial charge in [0.1, 0.15) is 0 Å². The number of hydrogen-bond donors (Lipinski definition) is 1. The molecule has 0 bridgehead atoms. The van der Waals surface area contributed by atoms with Crippen LogP contribution in [0.5, 0.6) is 0 Å². The molecule has 0 saturated heterocycles. The number of para-hydroxylation sites is 1. The summed E-state index contributed by atoms with van der Waals surface area (Å²) in [5.74, 6) is 0. The van der Waals surface area contributed by atoms with Gasteiger partial charge < -0.3 is 29.8 Å². The Bertz CT molecular complexity index is 860. The second kappa shape index (κ2) is 11.0. The summed E-state index contributed by atoms with van der Waals surface area (Å²) in [4.78, 5) is 2.99. The standard InChI is InChI=1S/C11H11Si.C8H6N.2ClH.Zr/c1-12(2)11-7-9-5-3-4-6-10(9)8-11;1-2-4-8-7(3-1)5-6-9-8;;;/h3-7H,1-2H3;1-5,9H;2*1H;/q2*-1;;;+4/p-2. The third-order valence-corrected chi connectivity index (χ3v) is 4.81. The molecule has 0 aliphatic heterocycles. The van der Waals surface area contributed by atoms with E-state index in [4.69, 9.17) is 0 Å². The molecule has 1 aliphatic carbocycles. The minimum absolute atomic E-state index is 0. The van der Waals surface area contributed by atoms with E-state index in [9.17, 15) is 0 Å². The molecule has 3 aromatic rings. The van der Waals surface area contributed by atoms with Gasteiger partial charge >= 0.3 is 26.2 Å². The van der Waals surface area contributed by atoms with E-state index < -0.39 is 0 Å². The van der Waals surface area contributed by atoms with Gasteiger partial charge in [-0.1, -0.05) is 31.3 Å². The van der Waals surface area contributed by atoms with Gasteiger partial charge in [-0.25, -0.2) is 0 Å². The van der Waals surface area contributed by atoms with Gasteiger partial charge in [0, 0.05) is 0 Å². The average molecular weight is 450 g/mol. The molecule has 5 heteroatoms. The van der Waals surface area contributed by atoms with Gasteiger partial charge in [0.25, 0.3) is 0 Å². The SMILES string of the molecule is C[Si](C)=C1[C-]=c2ccccc2=C1.[Cl-].[Cl-].[Zr+4].[c-]1cc2ccccc2[nH]1. The molecule has 0 saturated carbocycles. The first-order valence-electron chi connectivity index (χ1n) is 7.06. The van der Waals surface area contributed by atoms with E-state index in [0.29, 0.717) is 0 Å². The second-order valence-corrected chi connectivity index (χ2v) is 7.81. The number of halogens is 2. The van der Waals surface area contributed by atoms with Crippen LogP contribution in [0.15, 0.2) is 54.6 Å². The number of fused-ring (bicyclic) bond motifs is 2. The molecule has 0 radical (unpaired) electrons. The predicted octanol–water partition coefficient (Wildman–Crippen LogP) is -3.38. The molecule has 120 valence electrons. The van der Waals surface area contributed by atoms with Crippen molar-refractivity contribution in [2.24, 2.45) is 0 Å². The van der Waals surface area contributed by atoms with Crippen LogP contribution in [-0.2, 0) is 26.2 Å². The van der Waals surface area contributed by atoms with Crippen molar-refractivity contribution in [3.63, 3.8) is 0 Å². The maximum atomic E-state index is 3.44. The van der Waals surface area contributed by atoms with E-state index in [2.05, 4.69) is 66.8 Å². The van der Waals surface area contributed by atoms with Crippen LogP contribution in [0.2, 0.25) is 13.1 Å². The topological polar surface area (TPSA) is 15.8 Å². The van der Waals surface area contributed by atoms with E-state index in [1.54, 1.807) is 0 Å². The zero-order valence-electron chi connectivity index (χ0n) is 13.5. The Morgan fingerprint density at radius 3 is 2.25 bits per heavy atom. The summed E-state index contributed by atoms with van der Waals surface area (Å²) >= 11 is 0. The molecule has 0 atom stereocenters. The number of benzene rings is 2. The quantitative estimate of drug-likeness (QED) is 0.272. The minimum atomic E-state index is -0.329. The molecular formula is C19H17Cl2NSiZr. The molecule has 1 aromatic heterocycles. The fourth-order valence-electron chi connectivity index (χ4n) is 2.27. The Morgan fingerprint density at radius 1 is 0.917 bits per heavy atom. The molecule has 2 aromatic carbocycles. The van der Waals surface area contributed by atoms with Gasteiger partial charge in [0.2, 0.25) is 0 Å². The molecule has 0 amide bonds. The normalized spacial score (nSPS) is 10.5. The van der Waals surface area contributed by atoms with Crippen molar-refractivity contribution in [1.82, 2.24) is 4.98 Å². The van der Waals surface area contributed by atoms with Crippen LogP contribution < -0.4 is 35.3 Å². The van der Waals surface area contributed by atoms with Gasteiger partial charge in [-0.2, -0.15) is 22.7 Å². The number of hydrogen-bond acceptors (Lipinski definition) is 0. The molecular weight excluding hydrogens is 432 g/mol. The molecule has 0 fully saturated rings. The van der Waals surface area contributed by atoms with E-state index in [-0.39, 0.29) is 59.4 Å². The van der Waals surface area contributed by atoms with Crippen molar-refractivity contribution < 1.29 is 51.0 Å². The first-order valence-corrected chi connectivity index (χ1v) is 9.56. The Morgan fingerprint density at radius 2 is 1.58 bits per heavy atom. The summed E-state index contributed by atoms with van der Waals surface area (Å²) in [7, 11) is -0.329. The molecule has 1 aliphatic rings. The summed E-state index contributed by atoms with van der Waals surface area (Å²) < 4.78 is 0. The van der Waals surface area contributed by atoms with Gasteiger partial charge in [-0.15, -0.1) is 58.5 Å². The van der Waals surface area contributed by atoms with Crippen LogP contribution >= 0.6 is 0 Å². The molecule has 1 N–H and O–H groups in total. The molecule has 4 rings (SSSR count). The Hall–Kier alpha value is -0.730. The van der Waals surface area contributed by atoms with Crippen molar-refractivity contribution in [1.29, 1.82) is 0 Å². The van der Waals surface area contributed by atoms with Crippen molar-refractivity contribution in [3.05, 3.63) is 71.2 Å². The van der Waals surface area contributed by atoms with Crippen LogP contribution in [0.4, 0.5) is 0 Å². The van der Waals surface area contributed by atoms with Crippen molar-refractivity contribution in [2.45, 2.75) is 13.1 Å². The summed E-state index contributed by atoms with van der Waals surface area (Å²) in [6, 6.07) is 18.5. The zero-order chi connectivity index (χ0) is 14.7. The van der Waals surface area contributed by atoms with Crippen LogP contribution in [0.1, 0.15) is 0 Å². The summed E-state index contributed by atoms with van der Waals surface area (Å²) in [5.41, 5.74) is 1.15. The molecule has 1 nitrogen and oxygen atoms in total. The largest absolute Gasteiger partial charge is 4.00 e. The van der Waals surface area contributed by atoms with Crippen molar-refractivity contribution in [3.8, 4) is 0 Å². The van der Waals surface area contributed by atoms with Gasteiger partial charge in [0.05, 0.1) is 0 Å². The maximum Gasteiger partial charge on any atom is 4.00 e. The van der Waals surface area contributed by atoms with Crippen LogP contribution in [0.3, 0.4) is 0 Å². The third kappa shape index (κ3) is 5.67. The smallest absolute Gasteiger partial charge is 1.00 e. The molecule has 0 unspecified atom stereocenters. The van der Waals surface area contributed by atoms with E-state index in [1.165, 1.54) is 21.0 Å². The van der Waals surface area contributed by atoms with Crippen LogP contribution in [0, 0.1) is 6.20 Å². The number of rotatable bonds is 0. The zero-order valence-corrected chi connectivity index (χ0v) is 18.5. The summed E-state index contributed by atoms with van der Waals surface area (Å²) in [6.45, 7) is 4.60. The van der Waals surface area contributed by atoms with Crippen LogP contribution in [0.25, 0.3) is 23.1 Å². The first kappa shape index (κ1) is 23.3. The first-order chi connectivity index (χ1) is 10.2. The number of nitrogens with one attached hydrogen (secondary N) is 1. The average Bonchev–Trinajstić information content (AvgIpc) is 3.14. The van der Waals surface area contributed by atoms with E-state index in [0.717, 1.165) is 5.52 Å². The van der Waals surface area contributed by atoms with Gasteiger partial charge in [-0.05, 0) is 8.41 Å². The number of H-pyrrole nitrogens is 1. The monoisotopic (exact) mass is 447 g/mol.